The topological polar surface area (TPSA) is 27.1 Å². The molecule has 2 heterocycles. The van der Waals surface area contributed by atoms with E-state index < -0.39 is 0 Å². The van der Waals surface area contributed by atoms with E-state index in [9.17, 15) is 0 Å². The third-order valence-corrected chi connectivity index (χ3v) is 4.41. The number of hydrogen-bond acceptors (Lipinski definition) is 2. The van der Waals surface area contributed by atoms with Crippen LogP contribution in [-0.2, 0) is 11.3 Å². The summed E-state index contributed by atoms with van der Waals surface area (Å²) in [5.74, 6) is 1.04. The van der Waals surface area contributed by atoms with Crippen LogP contribution in [0.1, 0.15) is 30.3 Å². The van der Waals surface area contributed by atoms with Gasteiger partial charge in [0.1, 0.15) is 11.9 Å². The molecule has 0 amide bonds. The number of halogens is 1. The molecule has 22 heavy (non-hydrogen) atoms. The Bertz CT molecular complexity index is 788. The Kier molecular flexibility index (Phi) is 3.60. The van der Waals surface area contributed by atoms with Gasteiger partial charge in [-0.2, -0.15) is 0 Å². The maximum Gasteiger partial charge on any atom is 0.139 e. The summed E-state index contributed by atoms with van der Waals surface area (Å²) >= 11 is 5.98. The van der Waals surface area contributed by atoms with Crippen molar-refractivity contribution in [2.75, 3.05) is 6.61 Å². The fourth-order valence-corrected chi connectivity index (χ4v) is 3.19. The van der Waals surface area contributed by atoms with E-state index >= 15 is 0 Å². The molecule has 0 unspecified atom stereocenters. The lowest BCUT2D eigenvalue weighted by molar-refractivity contribution is 0.103. The van der Waals surface area contributed by atoms with Crippen LogP contribution in [0.3, 0.4) is 0 Å². The van der Waals surface area contributed by atoms with Crippen molar-refractivity contribution in [3.63, 3.8) is 0 Å². The predicted octanol–water partition coefficient (Wildman–Crippen LogP) is 4.59. The zero-order chi connectivity index (χ0) is 14.9. The standard InChI is InChI=1S/C18H17ClN2O/c19-14-9-7-13(8-10-14)12-21-16-5-2-1-4-15(16)20-18(21)17-6-3-11-22-17/h1-2,4-5,7-10,17H,3,6,11-12H2/t17-/m1/s1. The smallest absolute Gasteiger partial charge is 0.139 e. The van der Waals surface area contributed by atoms with Gasteiger partial charge >= 0.3 is 0 Å². The van der Waals surface area contributed by atoms with E-state index in [1.165, 1.54) is 5.56 Å². The van der Waals surface area contributed by atoms with Gasteiger partial charge in [-0.1, -0.05) is 35.9 Å². The van der Waals surface area contributed by atoms with Crippen LogP contribution in [0.2, 0.25) is 5.02 Å². The quantitative estimate of drug-likeness (QED) is 0.707. The second-order valence-corrected chi connectivity index (χ2v) is 6.11. The highest BCUT2D eigenvalue weighted by Crippen LogP contribution is 2.31. The molecule has 3 aromatic rings. The molecule has 3 nitrogen and oxygen atoms in total. The number of aromatic nitrogens is 2. The van der Waals surface area contributed by atoms with Gasteiger partial charge in [-0.05, 0) is 42.7 Å². The Morgan fingerprint density at radius 3 is 2.73 bits per heavy atom. The van der Waals surface area contributed by atoms with Crippen molar-refractivity contribution in [3.8, 4) is 0 Å². The minimum atomic E-state index is 0.111. The van der Waals surface area contributed by atoms with Crippen molar-refractivity contribution >= 4 is 22.6 Å². The monoisotopic (exact) mass is 312 g/mol. The molecule has 0 bridgehead atoms. The van der Waals surface area contributed by atoms with Crippen LogP contribution >= 0.6 is 11.6 Å². The largest absolute Gasteiger partial charge is 0.370 e. The van der Waals surface area contributed by atoms with E-state index in [1.807, 2.05) is 18.2 Å². The molecule has 0 radical (unpaired) electrons. The average Bonchev–Trinajstić information content (AvgIpc) is 3.18. The van der Waals surface area contributed by atoms with E-state index in [2.05, 4.69) is 34.9 Å². The summed E-state index contributed by atoms with van der Waals surface area (Å²) in [6.07, 6.45) is 2.26. The third kappa shape index (κ3) is 2.51. The van der Waals surface area contributed by atoms with E-state index in [0.29, 0.717) is 0 Å². The lowest BCUT2D eigenvalue weighted by atomic mass is 10.2. The summed E-state index contributed by atoms with van der Waals surface area (Å²) in [5.41, 5.74) is 3.40. The van der Waals surface area contributed by atoms with Gasteiger partial charge in [-0.3, -0.25) is 0 Å². The Balaban J connectivity index is 1.79. The summed E-state index contributed by atoms with van der Waals surface area (Å²) in [6.45, 7) is 1.61. The van der Waals surface area contributed by atoms with Gasteiger partial charge in [0.2, 0.25) is 0 Å². The van der Waals surface area contributed by atoms with Gasteiger partial charge in [0, 0.05) is 18.2 Å². The normalized spacial score (nSPS) is 18.1. The zero-order valence-corrected chi connectivity index (χ0v) is 13.0. The van der Waals surface area contributed by atoms with Crippen LogP contribution in [0.25, 0.3) is 11.0 Å². The van der Waals surface area contributed by atoms with Gasteiger partial charge in [0.25, 0.3) is 0 Å². The zero-order valence-electron chi connectivity index (χ0n) is 12.2. The number of nitrogens with zero attached hydrogens (tertiary/aromatic N) is 2. The average molecular weight is 313 g/mol. The maximum atomic E-state index is 5.98. The highest BCUT2D eigenvalue weighted by atomic mass is 35.5. The van der Waals surface area contributed by atoms with Gasteiger partial charge < -0.3 is 9.30 Å². The summed E-state index contributed by atoms with van der Waals surface area (Å²) in [5, 5.41) is 0.763. The molecular formula is C18H17ClN2O. The number of ether oxygens (including phenoxy) is 1. The van der Waals surface area contributed by atoms with E-state index in [4.69, 9.17) is 21.3 Å². The maximum absolute atomic E-state index is 5.98. The van der Waals surface area contributed by atoms with Crippen molar-refractivity contribution in [2.45, 2.75) is 25.5 Å². The van der Waals surface area contributed by atoms with Crippen molar-refractivity contribution in [3.05, 3.63) is 64.9 Å². The highest BCUT2D eigenvalue weighted by Gasteiger charge is 2.24. The molecule has 0 aliphatic carbocycles. The highest BCUT2D eigenvalue weighted by molar-refractivity contribution is 6.30. The molecule has 1 atom stereocenters. The van der Waals surface area contributed by atoms with Crippen LogP contribution < -0.4 is 0 Å². The van der Waals surface area contributed by atoms with Crippen molar-refractivity contribution in [1.29, 1.82) is 0 Å². The second-order valence-electron chi connectivity index (χ2n) is 5.67. The van der Waals surface area contributed by atoms with E-state index in [0.717, 1.165) is 47.9 Å². The molecule has 1 aliphatic rings. The van der Waals surface area contributed by atoms with Gasteiger partial charge in [-0.25, -0.2) is 4.98 Å². The van der Waals surface area contributed by atoms with Crippen LogP contribution in [0.5, 0.6) is 0 Å². The molecule has 2 aromatic carbocycles. The number of para-hydroxylation sites is 2. The Labute approximate surface area is 134 Å². The van der Waals surface area contributed by atoms with E-state index in [-0.39, 0.29) is 6.10 Å². The Morgan fingerprint density at radius 1 is 1.14 bits per heavy atom. The SMILES string of the molecule is Clc1ccc(Cn2c([C@H]3CCCO3)nc3ccccc32)cc1. The van der Waals surface area contributed by atoms with Crippen molar-refractivity contribution in [2.24, 2.45) is 0 Å². The molecule has 112 valence electrons. The molecule has 1 saturated heterocycles. The second kappa shape index (κ2) is 5.75. The van der Waals surface area contributed by atoms with Crippen LogP contribution in [0, 0.1) is 0 Å². The summed E-state index contributed by atoms with van der Waals surface area (Å²) in [7, 11) is 0. The molecule has 1 fully saturated rings. The summed E-state index contributed by atoms with van der Waals surface area (Å²) in [6, 6.07) is 16.3. The lowest BCUT2D eigenvalue weighted by Crippen LogP contribution is -2.09. The molecule has 4 rings (SSSR count). The number of fused-ring (bicyclic) bond motifs is 1. The molecule has 1 aliphatic heterocycles. The molecule has 0 spiro atoms. The molecular weight excluding hydrogens is 296 g/mol. The Hall–Kier alpha value is -1.84. The van der Waals surface area contributed by atoms with E-state index in [1.54, 1.807) is 0 Å². The Morgan fingerprint density at radius 2 is 1.95 bits per heavy atom. The molecule has 0 N–H and O–H groups in total. The minimum Gasteiger partial charge on any atom is -0.370 e. The predicted molar refractivity (Wildman–Crippen MR) is 88.2 cm³/mol. The lowest BCUT2D eigenvalue weighted by Gasteiger charge is -2.13. The van der Waals surface area contributed by atoms with Gasteiger partial charge in [0.15, 0.2) is 0 Å². The van der Waals surface area contributed by atoms with Crippen LogP contribution in [0.15, 0.2) is 48.5 Å². The van der Waals surface area contributed by atoms with Gasteiger partial charge in [0.05, 0.1) is 11.0 Å². The first-order chi connectivity index (χ1) is 10.8. The molecule has 4 heteroatoms. The molecule has 0 saturated carbocycles. The van der Waals surface area contributed by atoms with Crippen LogP contribution in [0.4, 0.5) is 0 Å². The number of rotatable bonds is 3. The summed E-state index contributed by atoms with van der Waals surface area (Å²) in [4.78, 5) is 4.82. The summed E-state index contributed by atoms with van der Waals surface area (Å²) < 4.78 is 8.13. The first-order valence-electron chi connectivity index (χ1n) is 7.62. The first-order valence-corrected chi connectivity index (χ1v) is 8.00. The number of imidazole rings is 1. The number of benzene rings is 2. The van der Waals surface area contributed by atoms with Crippen LogP contribution in [-0.4, -0.2) is 16.2 Å². The fraction of sp³-hybridized carbons (Fsp3) is 0.278. The van der Waals surface area contributed by atoms with Gasteiger partial charge in [-0.15, -0.1) is 0 Å². The third-order valence-electron chi connectivity index (χ3n) is 4.16. The van der Waals surface area contributed by atoms with Crippen molar-refractivity contribution in [1.82, 2.24) is 9.55 Å². The van der Waals surface area contributed by atoms with Crippen molar-refractivity contribution < 1.29 is 4.74 Å². The minimum absolute atomic E-state index is 0.111. The fourth-order valence-electron chi connectivity index (χ4n) is 3.06. The first kappa shape index (κ1) is 13.8. The molecule has 1 aromatic heterocycles. The number of hydrogen-bond donors (Lipinski definition) is 0.